The molecule has 1 N–H and O–H groups in total. The number of hydrogen-bond donors (Lipinski definition) is 1. The van der Waals surface area contributed by atoms with Gasteiger partial charge in [0.15, 0.2) is 18.1 Å². The van der Waals surface area contributed by atoms with Crippen molar-refractivity contribution in [2.24, 2.45) is 5.10 Å². The molecule has 2 rings (SSSR count). The summed E-state index contributed by atoms with van der Waals surface area (Å²) in [7, 11) is 1.56. The summed E-state index contributed by atoms with van der Waals surface area (Å²) in [5.74, 6) is 1.54. The Labute approximate surface area is 178 Å². The first-order valence-electron chi connectivity index (χ1n) is 10.1. The molecule has 6 nitrogen and oxygen atoms in total. The summed E-state index contributed by atoms with van der Waals surface area (Å²) in [5, 5.41) is 3.96. The molecule has 0 saturated heterocycles. The Balaban J connectivity index is 1.77. The van der Waals surface area contributed by atoms with E-state index in [1.54, 1.807) is 19.4 Å². The van der Waals surface area contributed by atoms with Crippen LogP contribution in [-0.4, -0.2) is 32.4 Å². The number of nitrogens with zero attached hydrogens (tertiary/aromatic N) is 1. The van der Waals surface area contributed by atoms with E-state index in [9.17, 15) is 4.79 Å². The lowest BCUT2D eigenvalue weighted by Gasteiger charge is -2.11. The van der Waals surface area contributed by atoms with E-state index in [0.717, 1.165) is 36.3 Å². The molecule has 0 saturated carbocycles. The van der Waals surface area contributed by atoms with Crippen LogP contribution in [0.3, 0.4) is 0 Å². The van der Waals surface area contributed by atoms with Gasteiger partial charge < -0.3 is 14.2 Å². The number of hydrogen-bond acceptors (Lipinski definition) is 5. The number of carbonyl (C=O) groups is 1. The Morgan fingerprint density at radius 1 is 1.10 bits per heavy atom. The third-order valence-corrected chi connectivity index (χ3v) is 4.27. The van der Waals surface area contributed by atoms with Crippen LogP contribution in [0.1, 0.15) is 37.3 Å². The van der Waals surface area contributed by atoms with E-state index in [2.05, 4.69) is 24.0 Å². The van der Waals surface area contributed by atoms with Crippen LogP contribution in [0.25, 0.3) is 0 Å². The molecule has 160 valence electrons. The minimum Gasteiger partial charge on any atom is -0.494 e. The summed E-state index contributed by atoms with van der Waals surface area (Å²) >= 11 is 0. The lowest BCUT2D eigenvalue weighted by atomic mass is 10.1. The second kappa shape index (κ2) is 13.0. The molecule has 0 radical (unpaired) electrons. The Kier molecular flexibility index (Phi) is 10.00. The predicted molar refractivity (Wildman–Crippen MR) is 120 cm³/mol. The molecule has 0 aliphatic heterocycles. The molecule has 0 aliphatic carbocycles. The van der Waals surface area contributed by atoms with Gasteiger partial charge in [0.2, 0.25) is 0 Å². The summed E-state index contributed by atoms with van der Waals surface area (Å²) in [6, 6.07) is 13.1. The average Bonchev–Trinajstić information content (AvgIpc) is 2.77. The zero-order valence-corrected chi connectivity index (χ0v) is 17.7. The summed E-state index contributed by atoms with van der Waals surface area (Å²) < 4.78 is 16.5. The predicted octanol–water partition coefficient (Wildman–Crippen LogP) is 4.52. The molecule has 0 aromatic heterocycles. The maximum Gasteiger partial charge on any atom is 0.277 e. The van der Waals surface area contributed by atoms with Gasteiger partial charge >= 0.3 is 0 Å². The smallest absolute Gasteiger partial charge is 0.277 e. The van der Waals surface area contributed by atoms with E-state index >= 15 is 0 Å². The monoisotopic (exact) mass is 410 g/mol. The van der Waals surface area contributed by atoms with Gasteiger partial charge in [-0.15, -0.1) is 6.58 Å². The van der Waals surface area contributed by atoms with Gasteiger partial charge in [0, 0.05) is 0 Å². The molecule has 0 atom stereocenters. The van der Waals surface area contributed by atoms with Crippen molar-refractivity contribution in [2.75, 3.05) is 20.3 Å². The highest BCUT2D eigenvalue weighted by Gasteiger charge is 2.08. The molecule has 0 aliphatic rings. The summed E-state index contributed by atoms with van der Waals surface area (Å²) in [6.07, 6.45) is 7.52. The fourth-order valence-electron chi connectivity index (χ4n) is 2.67. The van der Waals surface area contributed by atoms with Crippen LogP contribution in [0.15, 0.2) is 60.2 Å². The average molecular weight is 411 g/mol. The van der Waals surface area contributed by atoms with Crippen molar-refractivity contribution in [1.29, 1.82) is 0 Å². The second-order valence-electron chi connectivity index (χ2n) is 6.68. The van der Waals surface area contributed by atoms with Crippen LogP contribution in [0.4, 0.5) is 0 Å². The maximum absolute atomic E-state index is 12.0. The van der Waals surface area contributed by atoms with E-state index in [1.165, 1.54) is 12.8 Å². The van der Waals surface area contributed by atoms with Crippen LogP contribution >= 0.6 is 0 Å². The minimum atomic E-state index is -0.362. The largest absolute Gasteiger partial charge is 0.494 e. The number of ether oxygens (including phenoxy) is 3. The van der Waals surface area contributed by atoms with Crippen LogP contribution in [0.5, 0.6) is 17.2 Å². The van der Waals surface area contributed by atoms with Crippen molar-refractivity contribution in [3.8, 4) is 17.2 Å². The van der Waals surface area contributed by atoms with Crippen molar-refractivity contribution < 1.29 is 19.0 Å². The van der Waals surface area contributed by atoms with E-state index in [1.807, 2.05) is 42.5 Å². The summed E-state index contributed by atoms with van der Waals surface area (Å²) in [6.45, 7) is 6.44. The first-order valence-corrected chi connectivity index (χ1v) is 10.1. The highest BCUT2D eigenvalue weighted by atomic mass is 16.5. The van der Waals surface area contributed by atoms with Crippen LogP contribution in [-0.2, 0) is 11.2 Å². The van der Waals surface area contributed by atoms with E-state index in [0.29, 0.717) is 11.5 Å². The van der Waals surface area contributed by atoms with E-state index < -0.39 is 0 Å². The van der Waals surface area contributed by atoms with Gasteiger partial charge in [0.05, 0.1) is 19.9 Å². The molecule has 0 bridgehead atoms. The fourth-order valence-corrected chi connectivity index (χ4v) is 2.67. The van der Waals surface area contributed by atoms with Crippen molar-refractivity contribution in [3.05, 3.63) is 66.2 Å². The third kappa shape index (κ3) is 7.99. The number of nitrogens with one attached hydrogen (secondary N) is 1. The zero-order valence-electron chi connectivity index (χ0n) is 17.7. The lowest BCUT2D eigenvalue weighted by molar-refractivity contribution is -0.123. The highest BCUT2D eigenvalue weighted by Crippen LogP contribution is 2.28. The SMILES string of the molecule is C=CCc1ccc(OCC(=O)NN=Cc2ccc(OCCCCC)cc2)c(OC)c1. The van der Waals surface area contributed by atoms with Gasteiger partial charge in [-0.1, -0.05) is 31.9 Å². The Bertz CT molecular complexity index is 832. The number of benzene rings is 2. The first kappa shape index (κ1) is 23.0. The van der Waals surface area contributed by atoms with Gasteiger partial charge in [-0.2, -0.15) is 5.10 Å². The van der Waals surface area contributed by atoms with Crippen molar-refractivity contribution >= 4 is 12.1 Å². The number of hydrazone groups is 1. The number of methoxy groups -OCH3 is 1. The van der Waals surface area contributed by atoms with Gasteiger partial charge in [0.1, 0.15) is 5.75 Å². The summed E-state index contributed by atoms with van der Waals surface area (Å²) in [5.41, 5.74) is 4.37. The molecule has 6 heteroatoms. The quantitative estimate of drug-likeness (QED) is 0.228. The Morgan fingerprint density at radius 2 is 1.90 bits per heavy atom. The van der Waals surface area contributed by atoms with Gasteiger partial charge in [-0.3, -0.25) is 4.79 Å². The Morgan fingerprint density at radius 3 is 2.60 bits per heavy atom. The lowest BCUT2D eigenvalue weighted by Crippen LogP contribution is -2.24. The molecule has 0 heterocycles. The normalized spacial score (nSPS) is 10.6. The van der Waals surface area contributed by atoms with E-state index in [4.69, 9.17) is 14.2 Å². The number of carbonyl (C=O) groups excluding carboxylic acids is 1. The van der Waals surface area contributed by atoms with Gasteiger partial charge in [0.25, 0.3) is 5.91 Å². The van der Waals surface area contributed by atoms with Crippen molar-refractivity contribution in [3.63, 3.8) is 0 Å². The van der Waals surface area contributed by atoms with Gasteiger partial charge in [-0.25, -0.2) is 5.43 Å². The first-order chi connectivity index (χ1) is 14.7. The second-order valence-corrected chi connectivity index (χ2v) is 6.68. The molecule has 2 aromatic rings. The molecule has 0 fully saturated rings. The molecule has 0 spiro atoms. The maximum atomic E-state index is 12.0. The molecular formula is C24H30N2O4. The molecule has 2 aromatic carbocycles. The fraction of sp³-hybridized carbons (Fsp3) is 0.333. The number of amides is 1. The molecule has 0 unspecified atom stereocenters. The number of unbranched alkanes of at least 4 members (excludes halogenated alkanes) is 2. The van der Waals surface area contributed by atoms with Crippen LogP contribution in [0, 0.1) is 0 Å². The van der Waals surface area contributed by atoms with E-state index in [-0.39, 0.29) is 12.5 Å². The third-order valence-electron chi connectivity index (χ3n) is 4.27. The van der Waals surface area contributed by atoms with Crippen molar-refractivity contribution in [1.82, 2.24) is 5.43 Å². The molecule has 30 heavy (non-hydrogen) atoms. The zero-order chi connectivity index (χ0) is 21.6. The van der Waals surface area contributed by atoms with Crippen LogP contribution in [0.2, 0.25) is 0 Å². The topological polar surface area (TPSA) is 69.2 Å². The Hall–Kier alpha value is -3.28. The van der Waals surface area contributed by atoms with Crippen LogP contribution < -0.4 is 19.6 Å². The summed E-state index contributed by atoms with van der Waals surface area (Å²) in [4.78, 5) is 12.0. The number of rotatable bonds is 13. The van der Waals surface area contributed by atoms with Crippen molar-refractivity contribution in [2.45, 2.75) is 32.6 Å². The standard InChI is InChI=1S/C24H30N2O4/c1-4-6-7-15-29-21-12-9-20(10-13-21)17-25-26-24(27)18-30-22-14-11-19(8-5-2)16-23(22)28-3/h5,9-14,16-17H,2,4,6-8,15,18H2,1,3H3,(H,26,27). The molecule has 1 amide bonds. The van der Waals surface area contributed by atoms with Gasteiger partial charge in [-0.05, 0) is 60.4 Å². The highest BCUT2D eigenvalue weighted by molar-refractivity contribution is 5.83. The number of allylic oxidation sites excluding steroid dienone is 1. The molecular weight excluding hydrogens is 380 g/mol. The minimum absolute atomic E-state index is 0.168.